The largest absolute Gasteiger partial charge is 0.298 e. The van der Waals surface area contributed by atoms with Gasteiger partial charge in [-0.3, -0.25) is 4.79 Å². The lowest BCUT2D eigenvalue weighted by Crippen LogP contribution is -2.09. The fraction of sp³-hybridized carbons (Fsp3) is 0.462. The van der Waals surface area contributed by atoms with E-state index in [1.165, 1.54) is 6.07 Å². The van der Waals surface area contributed by atoms with Gasteiger partial charge in [0.25, 0.3) is 0 Å². The van der Waals surface area contributed by atoms with Crippen molar-refractivity contribution in [3.63, 3.8) is 0 Å². The summed E-state index contributed by atoms with van der Waals surface area (Å²) in [4.78, 5) is 11.7. The first-order valence-electron chi connectivity index (χ1n) is 5.60. The summed E-state index contributed by atoms with van der Waals surface area (Å²) in [6.07, 6.45) is 1.25. The second kappa shape index (κ2) is 7.02. The van der Waals surface area contributed by atoms with E-state index >= 15 is 0 Å². The molecule has 1 unspecified atom stereocenters. The molecule has 0 aliphatic carbocycles. The van der Waals surface area contributed by atoms with Crippen LogP contribution in [0.4, 0.5) is 4.39 Å². The molecule has 0 fully saturated rings. The molecule has 0 radical (unpaired) electrons. The monoisotopic (exact) mass is 274 g/mol. The number of ketones is 1. The van der Waals surface area contributed by atoms with E-state index in [4.69, 9.17) is 11.6 Å². The maximum atomic E-state index is 13.1. The van der Waals surface area contributed by atoms with Gasteiger partial charge >= 0.3 is 0 Å². The molecule has 0 saturated carbocycles. The van der Waals surface area contributed by atoms with Crippen molar-refractivity contribution >= 4 is 29.1 Å². The van der Waals surface area contributed by atoms with Gasteiger partial charge in [0, 0.05) is 11.7 Å². The molecule has 0 bridgehead atoms. The highest BCUT2D eigenvalue weighted by atomic mass is 35.5. The van der Waals surface area contributed by atoms with Crippen LogP contribution in [0.5, 0.6) is 0 Å². The van der Waals surface area contributed by atoms with Crippen LogP contribution >= 0.6 is 23.4 Å². The van der Waals surface area contributed by atoms with Crippen LogP contribution in [0, 0.1) is 5.82 Å². The normalized spacial score (nSPS) is 12.5. The minimum absolute atomic E-state index is 0.0642. The predicted octanol–water partition coefficient (Wildman–Crippen LogP) is 4.12. The highest BCUT2D eigenvalue weighted by Crippen LogP contribution is 2.21. The lowest BCUT2D eigenvalue weighted by Gasteiger charge is -2.08. The quantitative estimate of drug-likeness (QED) is 0.776. The van der Waals surface area contributed by atoms with Crippen LogP contribution in [0.1, 0.15) is 25.8 Å². The second-order valence-electron chi connectivity index (χ2n) is 3.96. The number of halogens is 2. The molecule has 0 aliphatic rings. The Labute approximate surface area is 111 Å². The van der Waals surface area contributed by atoms with Gasteiger partial charge in [-0.05, 0) is 18.1 Å². The standard InChI is InChI=1S/C13H16ClFOS/c1-3-9(2)17-8-11(16)7-10-5-4-6-12(15)13(10)14/h4-6,9H,3,7-8H2,1-2H3. The van der Waals surface area contributed by atoms with Crippen LogP contribution in [-0.2, 0) is 11.2 Å². The number of hydrogen-bond acceptors (Lipinski definition) is 2. The van der Waals surface area contributed by atoms with Crippen molar-refractivity contribution in [1.29, 1.82) is 0 Å². The zero-order valence-electron chi connectivity index (χ0n) is 10.0. The molecule has 1 atom stereocenters. The molecule has 94 valence electrons. The molecule has 1 nitrogen and oxygen atoms in total. The maximum Gasteiger partial charge on any atom is 0.147 e. The SMILES string of the molecule is CCC(C)SCC(=O)Cc1cccc(F)c1Cl. The van der Waals surface area contributed by atoms with Gasteiger partial charge in [0.15, 0.2) is 0 Å². The summed E-state index contributed by atoms with van der Waals surface area (Å²) in [7, 11) is 0. The molecule has 1 aromatic rings. The van der Waals surface area contributed by atoms with Gasteiger partial charge in [-0.2, -0.15) is 11.8 Å². The summed E-state index contributed by atoms with van der Waals surface area (Å²) in [5.74, 6) is 0.0799. The molecule has 0 N–H and O–H groups in total. The van der Waals surface area contributed by atoms with Gasteiger partial charge < -0.3 is 0 Å². The molecule has 0 aliphatic heterocycles. The molecule has 17 heavy (non-hydrogen) atoms. The fourth-order valence-electron chi connectivity index (χ4n) is 1.30. The third kappa shape index (κ3) is 4.68. The summed E-state index contributed by atoms with van der Waals surface area (Å²) < 4.78 is 13.1. The molecule has 1 rings (SSSR count). The topological polar surface area (TPSA) is 17.1 Å². The Morgan fingerprint density at radius 2 is 2.24 bits per heavy atom. The summed E-state index contributed by atoms with van der Waals surface area (Å²) in [6.45, 7) is 4.18. The van der Waals surface area contributed by atoms with Gasteiger partial charge in [-0.1, -0.05) is 37.6 Å². The predicted molar refractivity (Wildman–Crippen MR) is 72.3 cm³/mol. The molecular weight excluding hydrogens is 259 g/mol. The van der Waals surface area contributed by atoms with Crippen molar-refractivity contribution in [2.24, 2.45) is 0 Å². The fourth-order valence-corrected chi connectivity index (χ4v) is 2.30. The highest BCUT2D eigenvalue weighted by Gasteiger charge is 2.11. The molecule has 1 aromatic carbocycles. The minimum Gasteiger partial charge on any atom is -0.298 e. The first-order valence-corrected chi connectivity index (χ1v) is 7.03. The Morgan fingerprint density at radius 3 is 2.88 bits per heavy atom. The van der Waals surface area contributed by atoms with Crippen molar-refractivity contribution in [3.8, 4) is 0 Å². The summed E-state index contributed by atoms with van der Waals surface area (Å²) in [5.41, 5.74) is 0.571. The minimum atomic E-state index is -0.466. The summed E-state index contributed by atoms with van der Waals surface area (Å²) >= 11 is 7.42. The molecule has 0 aromatic heterocycles. The Morgan fingerprint density at radius 1 is 1.53 bits per heavy atom. The third-order valence-corrected chi connectivity index (χ3v) is 4.34. The van der Waals surface area contributed by atoms with E-state index in [0.717, 1.165) is 6.42 Å². The van der Waals surface area contributed by atoms with Crippen LogP contribution in [-0.4, -0.2) is 16.8 Å². The number of thioether (sulfide) groups is 1. The molecular formula is C13H16ClFOS. The van der Waals surface area contributed by atoms with E-state index in [0.29, 0.717) is 16.6 Å². The average molecular weight is 275 g/mol. The lowest BCUT2D eigenvalue weighted by atomic mass is 10.1. The van der Waals surface area contributed by atoms with Crippen molar-refractivity contribution in [2.45, 2.75) is 31.9 Å². The zero-order chi connectivity index (χ0) is 12.8. The number of hydrogen-bond donors (Lipinski definition) is 0. The summed E-state index contributed by atoms with van der Waals surface area (Å²) in [5, 5.41) is 0.538. The van der Waals surface area contributed by atoms with Crippen LogP contribution < -0.4 is 0 Å². The Hall–Kier alpha value is -0.540. The van der Waals surface area contributed by atoms with Crippen LogP contribution in [0.3, 0.4) is 0 Å². The maximum absolute atomic E-state index is 13.1. The van der Waals surface area contributed by atoms with Crippen molar-refractivity contribution in [1.82, 2.24) is 0 Å². The molecule has 0 heterocycles. The number of benzene rings is 1. The lowest BCUT2D eigenvalue weighted by molar-refractivity contribution is -0.116. The molecule has 0 spiro atoms. The van der Waals surface area contributed by atoms with E-state index in [-0.39, 0.29) is 17.2 Å². The van der Waals surface area contributed by atoms with Crippen LogP contribution in [0.25, 0.3) is 0 Å². The summed E-state index contributed by atoms with van der Waals surface area (Å²) in [6, 6.07) is 4.56. The first kappa shape index (κ1) is 14.5. The highest BCUT2D eigenvalue weighted by molar-refractivity contribution is 8.00. The van der Waals surface area contributed by atoms with Crippen LogP contribution in [0.2, 0.25) is 5.02 Å². The van der Waals surface area contributed by atoms with Gasteiger partial charge in [-0.25, -0.2) is 4.39 Å². The van der Waals surface area contributed by atoms with Gasteiger partial charge in [0.2, 0.25) is 0 Å². The Balaban J connectivity index is 2.54. The molecule has 0 saturated heterocycles. The van der Waals surface area contributed by atoms with Crippen molar-refractivity contribution in [3.05, 3.63) is 34.6 Å². The van der Waals surface area contributed by atoms with Crippen molar-refractivity contribution < 1.29 is 9.18 Å². The molecule has 4 heteroatoms. The van der Waals surface area contributed by atoms with E-state index < -0.39 is 5.82 Å². The van der Waals surface area contributed by atoms with Gasteiger partial charge in [-0.15, -0.1) is 0 Å². The Kier molecular flexibility index (Phi) is 6.00. The molecule has 0 amide bonds. The first-order chi connectivity index (χ1) is 8.04. The van der Waals surface area contributed by atoms with E-state index in [1.54, 1.807) is 23.9 Å². The zero-order valence-corrected chi connectivity index (χ0v) is 11.6. The van der Waals surface area contributed by atoms with Crippen LogP contribution in [0.15, 0.2) is 18.2 Å². The smallest absolute Gasteiger partial charge is 0.147 e. The van der Waals surface area contributed by atoms with Gasteiger partial charge in [0.05, 0.1) is 10.8 Å². The third-order valence-electron chi connectivity index (χ3n) is 2.52. The van der Waals surface area contributed by atoms with E-state index in [1.807, 2.05) is 0 Å². The second-order valence-corrected chi connectivity index (χ2v) is 5.76. The van der Waals surface area contributed by atoms with E-state index in [2.05, 4.69) is 13.8 Å². The number of rotatable bonds is 6. The van der Waals surface area contributed by atoms with Gasteiger partial charge in [0.1, 0.15) is 11.6 Å². The number of Topliss-reactive ketones (excluding diaryl/α,β-unsaturated/α-hetero) is 1. The average Bonchev–Trinajstić information content (AvgIpc) is 2.32. The Bertz CT molecular complexity index is 395. The van der Waals surface area contributed by atoms with Crippen molar-refractivity contribution in [2.75, 3.05) is 5.75 Å². The number of carbonyl (C=O) groups is 1. The van der Waals surface area contributed by atoms with E-state index in [9.17, 15) is 9.18 Å². The number of carbonyl (C=O) groups excluding carboxylic acids is 1.